The van der Waals surface area contributed by atoms with Crippen molar-refractivity contribution in [1.82, 2.24) is 10.6 Å². The monoisotopic (exact) mass is 492 g/mol. The summed E-state index contributed by atoms with van der Waals surface area (Å²) in [6.07, 6.45) is 28.6. The molecular formula is C31H44N2O3. The maximum absolute atomic E-state index is 12.4. The summed E-state index contributed by atoms with van der Waals surface area (Å²) in [5.74, 6) is -0.383. The molecule has 2 N–H and O–H groups in total. The molecule has 36 heavy (non-hydrogen) atoms. The van der Waals surface area contributed by atoms with E-state index >= 15 is 0 Å². The molecule has 1 aromatic carbocycles. The number of ether oxygens (including phenoxy) is 1. The minimum absolute atomic E-state index is 0.140. The van der Waals surface area contributed by atoms with Gasteiger partial charge in [-0.2, -0.15) is 0 Å². The normalized spacial score (nSPS) is 12.9. The third kappa shape index (κ3) is 17.3. The molecule has 0 unspecified atom stereocenters. The summed E-state index contributed by atoms with van der Waals surface area (Å²) in [5, 5.41) is 5.64. The first kappa shape index (κ1) is 30.9. The highest BCUT2D eigenvalue weighted by Gasteiger charge is 2.20. The van der Waals surface area contributed by atoms with Crippen LogP contribution < -0.4 is 10.6 Å². The second-order valence-corrected chi connectivity index (χ2v) is 8.38. The fourth-order valence-electron chi connectivity index (χ4n) is 3.27. The maximum Gasteiger partial charge on any atom is 0.245 e. The lowest BCUT2D eigenvalue weighted by molar-refractivity contribution is -0.130. The molecule has 5 nitrogen and oxygen atoms in total. The molecular weight excluding hydrogens is 448 g/mol. The molecule has 0 fully saturated rings. The molecule has 1 atom stereocenters. The van der Waals surface area contributed by atoms with Gasteiger partial charge in [-0.3, -0.25) is 9.59 Å². The number of rotatable bonds is 19. The topological polar surface area (TPSA) is 67.4 Å². The van der Waals surface area contributed by atoms with Crippen LogP contribution in [0.2, 0.25) is 0 Å². The summed E-state index contributed by atoms with van der Waals surface area (Å²) in [5.41, 5.74) is 1.01. The number of carbonyl (C=O) groups excluding carboxylic acids is 2. The molecule has 2 amide bonds. The van der Waals surface area contributed by atoms with Crippen molar-refractivity contribution in [2.75, 3.05) is 13.7 Å². The first-order valence-corrected chi connectivity index (χ1v) is 13.0. The van der Waals surface area contributed by atoms with Crippen LogP contribution in [0.5, 0.6) is 0 Å². The number of allylic oxidation sites excluding steroid dienone is 10. The summed E-state index contributed by atoms with van der Waals surface area (Å²) in [7, 11) is 1.52. The largest absolute Gasteiger partial charge is 0.382 e. The second kappa shape index (κ2) is 22.3. The summed E-state index contributed by atoms with van der Waals surface area (Å²) in [6, 6.07) is 8.97. The number of benzene rings is 1. The number of amides is 2. The van der Waals surface area contributed by atoms with Crippen molar-refractivity contribution in [3.63, 3.8) is 0 Å². The van der Waals surface area contributed by atoms with Crippen molar-refractivity contribution in [3.8, 4) is 0 Å². The quantitative estimate of drug-likeness (QED) is 0.174. The van der Waals surface area contributed by atoms with E-state index in [0.717, 1.165) is 50.5 Å². The third-order valence-electron chi connectivity index (χ3n) is 5.23. The van der Waals surface area contributed by atoms with E-state index in [4.69, 9.17) is 4.74 Å². The van der Waals surface area contributed by atoms with Crippen LogP contribution in [-0.4, -0.2) is 31.6 Å². The van der Waals surface area contributed by atoms with E-state index in [1.807, 2.05) is 30.3 Å². The number of unbranched alkanes of at least 4 members (excludes halogenated alkanes) is 1. The Labute approximate surface area is 218 Å². The van der Waals surface area contributed by atoms with E-state index < -0.39 is 6.04 Å². The highest BCUT2D eigenvalue weighted by atomic mass is 16.5. The summed E-state index contributed by atoms with van der Waals surface area (Å²) in [6.45, 7) is 2.70. The highest BCUT2D eigenvalue weighted by Crippen LogP contribution is 2.01. The Hall–Kier alpha value is -3.18. The minimum atomic E-state index is -0.695. The SMILES string of the molecule is CC/C=C\C/C=C\C/C=C\C/C=C\C/C=C\CCCC(=O)N[C@@H](COC)C(=O)NCc1ccccc1. The zero-order chi connectivity index (χ0) is 26.1. The molecule has 0 aliphatic heterocycles. The number of methoxy groups -OCH3 is 1. The summed E-state index contributed by atoms with van der Waals surface area (Å²) < 4.78 is 5.11. The van der Waals surface area contributed by atoms with Crippen LogP contribution in [0.1, 0.15) is 63.9 Å². The fourth-order valence-corrected chi connectivity index (χ4v) is 3.27. The molecule has 0 aliphatic carbocycles. The summed E-state index contributed by atoms with van der Waals surface area (Å²) in [4.78, 5) is 24.7. The number of hydrogen-bond acceptors (Lipinski definition) is 3. The average Bonchev–Trinajstić information content (AvgIpc) is 2.89. The molecule has 0 aromatic heterocycles. The lowest BCUT2D eigenvalue weighted by atomic mass is 10.2. The Balaban J connectivity index is 2.14. The van der Waals surface area contributed by atoms with Crippen LogP contribution in [0.4, 0.5) is 0 Å². The van der Waals surface area contributed by atoms with Gasteiger partial charge in [0.05, 0.1) is 6.61 Å². The number of carbonyl (C=O) groups is 2. The Morgan fingerprint density at radius 1 is 0.833 bits per heavy atom. The van der Waals surface area contributed by atoms with Gasteiger partial charge in [-0.05, 0) is 50.5 Å². The van der Waals surface area contributed by atoms with Crippen LogP contribution in [0, 0.1) is 0 Å². The van der Waals surface area contributed by atoms with Gasteiger partial charge in [0, 0.05) is 20.1 Å². The van der Waals surface area contributed by atoms with Gasteiger partial charge < -0.3 is 15.4 Å². The predicted octanol–water partition coefficient (Wildman–Crippen LogP) is 6.36. The molecule has 0 aliphatic rings. The molecule has 1 rings (SSSR count). The second-order valence-electron chi connectivity index (χ2n) is 8.38. The van der Waals surface area contributed by atoms with E-state index in [0.29, 0.717) is 13.0 Å². The highest BCUT2D eigenvalue weighted by molar-refractivity contribution is 5.87. The van der Waals surface area contributed by atoms with E-state index in [1.165, 1.54) is 7.11 Å². The van der Waals surface area contributed by atoms with Gasteiger partial charge in [0.25, 0.3) is 0 Å². The van der Waals surface area contributed by atoms with Crippen LogP contribution in [0.15, 0.2) is 91.1 Å². The fraction of sp³-hybridized carbons (Fsp3) is 0.419. The zero-order valence-corrected chi connectivity index (χ0v) is 22.0. The lowest BCUT2D eigenvalue weighted by Gasteiger charge is -2.17. The molecule has 196 valence electrons. The van der Waals surface area contributed by atoms with Crippen LogP contribution in [0.25, 0.3) is 0 Å². The first-order valence-electron chi connectivity index (χ1n) is 13.0. The Morgan fingerprint density at radius 2 is 1.39 bits per heavy atom. The smallest absolute Gasteiger partial charge is 0.245 e. The molecule has 5 heteroatoms. The van der Waals surface area contributed by atoms with E-state index in [-0.39, 0.29) is 18.4 Å². The van der Waals surface area contributed by atoms with Crippen LogP contribution in [-0.2, 0) is 20.9 Å². The van der Waals surface area contributed by atoms with Gasteiger partial charge in [-0.15, -0.1) is 0 Å². The third-order valence-corrected chi connectivity index (χ3v) is 5.23. The summed E-state index contributed by atoms with van der Waals surface area (Å²) >= 11 is 0. The predicted molar refractivity (Wildman–Crippen MR) is 150 cm³/mol. The van der Waals surface area contributed by atoms with Gasteiger partial charge in [-0.25, -0.2) is 0 Å². The number of hydrogen-bond donors (Lipinski definition) is 2. The molecule has 0 bridgehead atoms. The van der Waals surface area contributed by atoms with Gasteiger partial charge in [-0.1, -0.05) is 98.0 Å². The van der Waals surface area contributed by atoms with E-state index in [2.05, 4.69) is 78.3 Å². The zero-order valence-electron chi connectivity index (χ0n) is 22.0. The first-order chi connectivity index (χ1) is 17.7. The molecule has 0 saturated heterocycles. The van der Waals surface area contributed by atoms with Gasteiger partial charge in [0.2, 0.25) is 11.8 Å². The lowest BCUT2D eigenvalue weighted by Crippen LogP contribution is -2.49. The van der Waals surface area contributed by atoms with Crippen molar-refractivity contribution >= 4 is 11.8 Å². The van der Waals surface area contributed by atoms with Crippen molar-refractivity contribution in [2.45, 2.75) is 70.9 Å². The van der Waals surface area contributed by atoms with Crippen molar-refractivity contribution < 1.29 is 14.3 Å². The Bertz CT molecular complexity index is 854. The van der Waals surface area contributed by atoms with Gasteiger partial charge >= 0.3 is 0 Å². The van der Waals surface area contributed by atoms with Crippen LogP contribution in [0.3, 0.4) is 0 Å². The standard InChI is InChI=1S/C31H44N2O3/c1-3-4-5-6-7-8-9-10-11-12-13-14-15-16-17-18-22-25-30(34)33-29(27-36-2)31(35)32-26-28-23-20-19-21-24-28/h4-5,7-8,10-11,13-14,16-17,19-21,23-24,29H,3,6,9,12,15,18,22,25-27H2,1-2H3,(H,32,35)(H,33,34)/b5-4-,8-7-,11-10-,14-13-,17-16-/t29-/m0/s1. The maximum atomic E-state index is 12.4. The van der Waals surface area contributed by atoms with Crippen molar-refractivity contribution in [2.24, 2.45) is 0 Å². The number of nitrogens with one attached hydrogen (secondary N) is 2. The van der Waals surface area contributed by atoms with Gasteiger partial charge in [0.1, 0.15) is 6.04 Å². The van der Waals surface area contributed by atoms with E-state index in [1.54, 1.807) is 0 Å². The molecule has 1 aromatic rings. The molecule has 0 spiro atoms. The average molecular weight is 493 g/mol. The van der Waals surface area contributed by atoms with Crippen LogP contribution >= 0.6 is 0 Å². The minimum Gasteiger partial charge on any atom is -0.382 e. The van der Waals surface area contributed by atoms with E-state index in [9.17, 15) is 9.59 Å². The molecule has 0 saturated carbocycles. The Kier molecular flexibility index (Phi) is 19.1. The Morgan fingerprint density at radius 3 is 1.94 bits per heavy atom. The van der Waals surface area contributed by atoms with Crippen molar-refractivity contribution in [3.05, 3.63) is 96.7 Å². The molecule has 0 heterocycles. The van der Waals surface area contributed by atoms with Gasteiger partial charge in [0.15, 0.2) is 0 Å². The molecule has 0 radical (unpaired) electrons. The van der Waals surface area contributed by atoms with Crippen molar-refractivity contribution in [1.29, 1.82) is 0 Å².